The zero-order chi connectivity index (χ0) is 15.8. The SMILES string of the molecule is Cc1nc(-c2cc(C(F)(F)F)ccc2F)sc1CC(=O)O. The lowest BCUT2D eigenvalue weighted by molar-refractivity contribution is -0.138. The zero-order valence-corrected chi connectivity index (χ0v) is 11.5. The molecule has 1 aromatic carbocycles. The Bertz CT molecular complexity index is 694. The van der Waals surface area contributed by atoms with E-state index in [1.807, 2.05) is 0 Å². The summed E-state index contributed by atoms with van der Waals surface area (Å²) in [5.74, 6) is -1.92. The van der Waals surface area contributed by atoms with Gasteiger partial charge in [-0.1, -0.05) is 0 Å². The van der Waals surface area contributed by atoms with Crippen molar-refractivity contribution in [3.63, 3.8) is 0 Å². The van der Waals surface area contributed by atoms with Crippen LogP contribution >= 0.6 is 11.3 Å². The number of alkyl halides is 3. The molecule has 0 unspecified atom stereocenters. The maximum atomic E-state index is 13.7. The summed E-state index contributed by atoms with van der Waals surface area (Å²) in [7, 11) is 0. The first-order valence-electron chi connectivity index (χ1n) is 5.73. The fourth-order valence-electron chi connectivity index (χ4n) is 1.71. The molecule has 3 nitrogen and oxygen atoms in total. The van der Waals surface area contributed by atoms with Crippen molar-refractivity contribution >= 4 is 17.3 Å². The van der Waals surface area contributed by atoms with E-state index >= 15 is 0 Å². The molecule has 0 saturated carbocycles. The fraction of sp³-hybridized carbons (Fsp3) is 0.231. The minimum atomic E-state index is -4.58. The molecule has 112 valence electrons. The summed E-state index contributed by atoms with van der Waals surface area (Å²) in [4.78, 5) is 15.0. The van der Waals surface area contributed by atoms with E-state index in [1.165, 1.54) is 6.92 Å². The van der Waals surface area contributed by atoms with Gasteiger partial charge in [0.05, 0.1) is 17.7 Å². The van der Waals surface area contributed by atoms with Gasteiger partial charge in [-0.3, -0.25) is 4.79 Å². The second kappa shape index (κ2) is 5.44. The normalized spacial score (nSPS) is 11.7. The lowest BCUT2D eigenvalue weighted by Gasteiger charge is -2.08. The molecule has 1 N–H and O–H groups in total. The first-order valence-corrected chi connectivity index (χ1v) is 6.55. The highest BCUT2D eigenvalue weighted by atomic mass is 32.1. The molecule has 0 spiro atoms. The van der Waals surface area contributed by atoms with Gasteiger partial charge >= 0.3 is 12.1 Å². The van der Waals surface area contributed by atoms with E-state index in [1.54, 1.807) is 0 Å². The number of aromatic nitrogens is 1. The lowest BCUT2D eigenvalue weighted by Crippen LogP contribution is -2.05. The summed E-state index contributed by atoms with van der Waals surface area (Å²) in [6.45, 7) is 1.53. The molecule has 0 radical (unpaired) electrons. The maximum Gasteiger partial charge on any atom is 0.416 e. The Kier molecular flexibility index (Phi) is 3.99. The summed E-state index contributed by atoms with van der Waals surface area (Å²) in [6, 6.07) is 2.06. The van der Waals surface area contributed by atoms with Gasteiger partial charge in [-0.05, 0) is 25.1 Å². The molecule has 0 saturated heterocycles. The van der Waals surface area contributed by atoms with Crippen molar-refractivity contribution in [3.8, 4) is 10.6 Å². The minimum Gasteiger partial charge on any atom is -0.481 e. The number of carboxylic acids is 1. The topological polar surface area (TPSA) is 50.2 Å². The Hall–Kier alpha value is -1.96. The quantitative estimate of drug-likeness (QED) is 0.873. The van der Waals surface area contributed by atoms with Crippen molar-refractivity contribution < 1.29 is 27.5 Å². The van der Waals surface area contributed by atoms with E-state index < -0.39 is 23.5 Å². The van der Waals surface area contributed by atoms with Gasteiger partial charge in [-0.2, -0.15) is 13.2 Å². The lowest BCUT2D eigenvalue weighted by atomic mass is 10.1. The van der Waals surface area contributed by atoms with Gasteiger partial charge in [0.1, 0.15) is 10.8 Å². The number of hydrogen-bond donors (Lipinski definition) is 1. The van der Waals surface area contributed by atoms with Gasteiger partial charge < -0.3 is 5.11 Å². The van der Waals surface area contributed by atoms with Crippen LogP contribution in [0.2, 0.25) is 0 Å². The molecule has 0 bridgehead atoms. The Labute approximate surface area is 120 Å². The number of hydrogen-bond acceptors (Lipinski definition) is 3. The van der Waals surface area contributed by atoms with Gasteiger partial charge in [0.25, 0.3) is 0 Å². The van der Waals surface area contributed by atoms with Gasteiger partial charge in [0, 0.05) is 10.4 Å². The van der Waals surface area contributed by atoms with Crippen molar-refractivity contribution in [1.29, 1.82) is 0 Å². The van der Waals surface area contributed by atoms with E-state index in [0.29, 0.717) is 22.7 Å². The van der Waals surface area contributed by atoms with Crippen LogP contribution in [0.5, 0.6) is 0 Å². The minimum absolute atomic E-state index is 0.0346. The molecule has 0 aliphatic heterocycles. The van der Waals surface area contributed by atoms with Gasteiger partial charge in [-0.15, -0.1) is 11.3 Å². The smallest absolute Gasteiger partial charge is 0.416 e. The highest BCUT2D eigenvalue weighted by Gasteiger charge is 2.31. The third-order valence-corrected chi connectivity index (χ3v) is 3.92. The number of nitrogens with zero attached hydrogens (tertiary/aromatic N) is 1. The summed E-state index contributed by atoms with van der Waals surface area (Å²) in [5, 5.41) is 8.77. The molecule has 1 heterocycles. The number of carboxylic acid groups (broad SMARTS) is 1. The Morgan fingerprint density at radius 1 is 1.38 bits per heavy atom. The summed E-state index contributed by atoms with van der Waals surface area (Å²) in [5.41, 5.74) is -0.893. The van der Waals surface area contributed by atoms with Crippen molar-refractivity contribution in [2.75, 3.05) is 0 Å². The number of aliphatic carboxylic acids is 1. The van der Waals surface area contributed by atoms with E-state index in [9.17, 15) is 22.4 Å². The molecule has 2 rings (SSSR count). The number of thiazole rings is 1. The third-order valence-electron chi connectivity index (χ3n) is 2.73. The van der Waals surface area contributed by atoms with Crippen molar-refractivity contribution in [2.45, 2.75) is 19.5 Å². The average Bonchev–Trinajstić information content (AvgIpc) is 2.69. The van der Waals surface area contributed by atoms with E-state index in [0.717, 1.165) is 17.4 Å². The van der Waals surface area contributed by atoms with Crippen LogP contribution in [-0.4, -0.2) is 16.1 Å². The van der Waals surface area contributed by atoms with Crippen LogP contribution in [0.1, 0.15) is 16.1 Å². The van der Waals surface area contributed by atoms with Crippen LogP contribution in [0.25, 0.3) is 10.6 Å². The number of benzene rings is 1. The number of carbonyl (C=O) groups is 1. The first-order chi connectivity index (χ1) is 9.68. The first kappa shape index (κ1) is 15.4. The predicted octanol–water partition coefficient (Wildman–Crippen LogP) is 3.90. The molecule has 0 aliphatic rings. The monoisotopic (exact) mass is 319 g/mol. The van der Waals surface area contributed by atoms with Crippen LogP contribution in [0.15, 0.2) is 18.2 Å². The standard InChI is InChI=1S/C13H9F4NO2S/c1-6-10(5-11(19)20)21-12(18-6)8-4-7(13(15,16)17)2-3-9(8)14/h2-4H,5H2,1H3,(H,19,20). The molecule has 1 aromatic heterocycles. The highest BCUT2D eigenvalue weighted by Crippen LogP contribution is 2.35. The molecule has 2 aromatic rings. The zero-order valence-electron chi connectivity index (χ0n) is 10.7. The summed E-state index contributed by atoms with van der Waals surface area (Å²) in [6.07, 6.45) is -4.89. The Balaban J connectivity index is 2.49. The van der Waals surface area contributed by atoms with Crippen LogP contribution in [0.4, 0.5) is 17.6 Å². The van der Waals surface area contributed by atoms with Crippen LogP contribution in [-0.2, 0) is 17.4 Å². The summed E-state index contributed by atoms with van der Waals surface area (Å²) < 4.78 is 51.7. The molecular formula is C13H9F4NO2S. The van der Waals surface area contributed by atoms with Crippen molar-refractivity contribution in [2.24, 2.45) is 0 Å². The molecule has 0 fully saturated rings. The average molecular weight is 319 g/mol. The fourth-order valence-corrected chi connectivity index (χ4v) is 2.78. The predicted molar refractivity (Wildman–Crippen MR) is 68.6 cm³/mol. The third kappa shape index (κ3) is 3.38. The second-order valence-corrected chi connectivity index (χ2v) is 5.37. The second-order valence-electron chi connectivity index (χ2n) is 4.29. The van der Waals surface area contributed by atoms with Crippen LogP contribution in [0, 0.1) is 12.7 Å². The van der Waals surface area contributed by atoms with Crippen molar-refractivity contribution in [1.82, 2.24) is 4.98 Å². The van der Waals surface area contributed by atoms with Gasteiger partial charge in [0.15, 0.2) is 0 Å². The summed E-state index contributed by atoms with van der Waals surface area (Å²) >= 11 is 0.875. The van der Waals surface area contributed by atoms with E-state index in [4.69, 9.17) is 5.11 Å². The number of aryl methyl sites for hydroxylation is 1. The van der Waals surface area contributed by atoms with Gasteiger partial charge in [-0.25, -0.2) is 9.37 Å². The highest BCUT2D eigenvalue weighted by molar-refractivity contribution is 7.15. The van der Waals surface area contributed by atoms with Crippen molar-refractivity contribution in [3.05, 3.63) is 40.2 Å². The largest absolute Gasteiger partial charge is 0.481 e. The molecule has 8 heteroatoms. The van der Waals surface area contributed by atoms with Crippen LogP contribution in [0.3, 0.4) is 0 Å². The maximum absolute atomic E-state index is 13.7. The Morgan fingerprint density at radius 3 is 2.62 bits per heavy atom. The van der Waals surface area contributed by atoms with E-state index in [2.05, 4.69) is 4.98 Å². The molecular weight excluding hydrogens is 310 g/mol. The van der Waals surface area contributed by atoms with Gasteiger partial charge in [0.2, 0.25) is 0 Å². The molecule has 0 atom stereocenters. The van der Waals surface area contributed by atoms with Crippen LogP contribution < -0.4 is 0 Å². The number of rotatable bonds is 3. The van der Waals surface area contributed by atoms with E-state index in [-0.39, 0.29) is 17.0 Å². The molecule has 21 heavy (non-hydrogen) atoms. The molecule has 0 aliphatic carbocycles. The number of halogens is 4. The Morgan fingerprint density at radius 2 is 2.05 bits per heavy atom. The molecule has 0 amide bonds.